The summed E-state index contributed by atoms with van der Waals surface area (Å²) in [6.45, 7) is 0. The fraction of sp³-hybridized carbons (Fsp3) is 0.600. The molecule has 0 atom stereocenters. The number of hydrogen-bond donors (Lipinski definition) is 1. The van der Waals surface area contributed by atoms with Gasteiger partial charge in [0.25, 0.3) is 0 Å². The van der Waals surface area contributed by atoms with Crippen LogP contribution in [0, 0.1) is 0 Å². The van der Waals surface area contributed by atoms with Crippen molar-refractivity contribution >= 4 is 23.2 Å². The van der Waals surface area contributed by atoms with E-state index in [4.69, 9.17) is 5.11 Å². The van der Waals surface area contributed by atoms with Crippen LogP contribution in [0.5, 0.6) is 0 Å². The molecule has 0 aromatic rings. The number of ether oxygens (including phenoxy) is 1. The number of esters is 1. The van der Waals surface area contributed by atoms with Gasteiger partial charge in [0.05, 0.1) is 13.5 Å². The molecule has 0 amide bonds. The van der Waals surface area contributed by atoms with Crippen LogP contribution in [0.2, 0.25) is 0 Å². The number of carbonyl (C=O) groups excluding carboxylic acids is 1. The zero-order chi connectivity index (χ0) is 7.28. The molecule has 0 fully saturated rings. The molecule has 1 N–H and O–H groups in total. The van der Waals surface area contributed by atoms with E-state index in [1.807, 2.05) is 0 Å². The SMILES string of the molecule is COC(=O)CCC(O)=S. The van der Waals surface area contributed by atoms with Gasteiger partial charge in [-0.15, -0.1) is 0 Å². The van der Waals surface area contributed by atoms with Crippen molar-refractivity contribution in [3.05, 3.63) is 0 Å². The first-order chi connectivity index (χ1) is 4.16. The van der Waals surface area contributed by atoms with Crippen molar-refractivity contribution in [3.8, 4) is 0 Å². The van der Waals surface area contributed by atoms with Gasteiger partial charge in [-0.25, -0.2) is 0 Å². The Labute approximate surface area is 58.6 Å². The maximum absolute atomic E-state index is 10.3. The smallest absolute Gasteiger partial charge is 0.305 e. The van der Waals surface area contributed by atoms with Gasteiger partial charge in [0.15, 0.2) is 5.05 Å². The molecule has 0 aliphatic carbocycles. The van der Waals surface area contributed by atoms with Crippen LogP contribution in [0.25, 0.3) is 0 Å². The molecule has 0 saturated heterocycles. The standard InChI is InChI=1S/C5H8O3S/c1-8-4(6)2-3-5(7)9/h2-3H2,1H3,(H,7,9). The van der Waals surface area contributed by atoms with Crippen LogP contribution < -0.4 is 0 Å². The quantitative estimate of drug-likeness (QED) is 0.475. The molecule has 0 unspecified atom stereocenters. The highest BCUT2D eigenvalue weighted by molar-refractivity contribution is 7.80. The molecule has 0 saturated carbocycles. The van der Waals surface area contributed by atoms with E-state index >= 15 is 0 Å². The van der Waals surface area contributed by atoms with E-state index in [2.05, 4.69) is 17.0 Å². The van der Waals surface area contributed by atoms with Crippen LogP contribution >= 0.6 is 12.2 Å². The summed E-state index contributed by atoms with van der Waals surface area (Å²) in [7, 11) is 1.29. The molecule has 0 aliphatic rings. The number of hydrogen-bond acceptors (Lipinski definition) is 3. The van der Waals surface area contributed by atoms with Gasteiger partial charge in [-0.1, -0.05) is 0 Å². The average molecular weight is 148 g/mol. The third-order valence-electron chi connectivity index (χ3n) is 0.771. The van der Waals surface area contributed by atoms with Crippen LogP contribution in [0.1, 0.15) is 12.8 Å². The minimum atomic E-state index is -0.355. The van der Waals surface area contributed by atoms with Gasteiger partial charge in [0, 0.05) is 6.42 Å². The Morgan fingerprint density at radius 3 is 2.56 bits per heavy atom. The third kappa shape index (κ3) is 5.23. The zero-order valence-electron chi connectivity index (χ0n) is 5.09. The second-order valence-electron chi connectivity index (χ2n) is 1.47. The lowest BCUT2D eigenvalue weighted by Crippen LogP contribution is -2.02. The van der Waals surface area contributed by atoms with Crippen molar-refractivity contribution in [1.82, 2.24) is 0 Å². The lowest BCUT2D eigenvalue weighted by atomic mass is 10.3. The van der Waals surface area contributed by atoms with Crippen LogP contribution in [-0.4, -0.2) is 23.2 Å². The molecule has 3 nitrogen and oxygen atoms in total. The lowest BCUT2D eigenvalue weighted by molar-refractivity contribution is -0.140. The van der Waals surface area contributed by atoms with Gasteiger partial charge in [-0.2, -0.15) is 0 Å². The Balaban J connectivity index is 3.28. The van der Waals surface area contributed by atoms with Gasteiger partial charge < -0.3 is 9.84 Å². The average Bonchev–Trinajstić information content (AvgIpc) is 1.83. The van der Waals surface area contributed by atoms with Crippen LogP contribution in [0.15, 0.2) is 0 Å². The largest absolute Gasteiger partial charge is 0.502 e. The molecule has 4 heteroatoms. The van der Waals surface area contributed by atoms with E-state index in [9.17, 15) is 4.79 Å². The molecular weight excluding hydrogens is 140 g/mol. The highest BCUT2D eigenvalue weighted by atomic mass is 32.1. The molecule has 0 heterocycles. The first kappa shape index (κ1) is 8.36. The summed E-state index contributed by atoms with van der Waals surface area (Å²) in [4.78, 5) is 10.3. The van der Waals surface area contributed by atoms with E-state index in [0.29, 0.717) is 0 Å². The molecule has 9 heavy (non-hydrogen) atoms. The zero-order valence-corrected chi connectivity index (χ0v) is 5.90. The first-order valence-electron chi connectivity index (χ1n) is 2.45. The van der Waals surface area contributed by atoms with Crippen molar-refractivity contribution in [2.75, 3.05) is 7.11 Å². The first-order valence-corrected chi connectivity index (χ1v) is 2.86. The van der Waals surface area contributed by atoms with E-state index in [-0.39, 0.29) is 23.9 Å². The lowest BCUT2D eigenvalue weighted by Gasteiger charge is -1.94. The second kappa shape index (κ2) is 4.26. The molecule has 0 bridgehead atoms. The summed E-state index contributed by atoms with van der Waals surface area (Å²) >= 11 is 4.31. The Kier molecular flexibility index (Phi) is 3.96. The molecule has 0 spiro atoms. The predicted octanol–water partition coefficient (Wildman–Crippen LogP) is 0.825. The normalized spacial score (nSPS) is 8.56. The van der Waals surface area contributed by atoms with E-state index < -0.39 is 0 Å². The monoisotopic (exact) mass is 148 g/mol. The Morgan fingerprint density at radius 2 is 2.22 bits per heavy atom. The summed E-state index contributed by atoms with van der Waals surface area (Å²) < 4.78 is 4.29. The van der Waals surface area contributed by atoms with Crippen molar-refractivity contribution in [3.63, 3.8) is 0 Å². The maximum Gasteiger partial charge on any atom is 0.305 e. The number of aliphatic hydroxyl groups excluding tert-OH is 1. The highest BCUT2D eigenvalue weighted by Crippen LogP contribution is 1.91. The van der Waals surface area contributed by atoms with Gasteiger partial charge in [-0.3, -0.25) is 4.79 Å². The third-order valence-corrected chi connectivity index (χ3v) is 0.975. The van der Waals surface area contributed by atoms with E-state index in [1.54, 1.807) is 0 Å². The molecule has 0 rings (SSSR count). The fourth-order valence-corrected chi connectivity index (χ4v) is 0.413. The summed E-state index contributed by atoms with van der Waals surface area (Å²) in [5.41, 5.74) is 0. The van der Waals surface area contributed by atoms with Crippen molar-refractivity contribution in [2.45, 2.75) is 12.8 Å². The minimum absolute atomic E-state index is 0.152. The van der Waals surface area contributed by atoms with Gasteiger partial charge in [0.1, 0.15) is 0 Å². The molecule has 0 aromatic heterocycles. The second-order valence-corrected chi connectivity index (χ2v) is 1.94. The van der Waals surface area contributed by atoms with Gasteiger partial charge in [0.2, 0.25) is 0 Å². The Morgan fingerprint density at radius 1 is 1.67 bits per heavy atom. The molecule has 52 valence electrons. The molecular formula is C5H8O3S. The summed E-state index contributed by atoms with van der Waals surface area (Å²) in [6.07, 6.45) is 0.369. The maximum atomic E-state index is 10.3. The molecule has 0 radical (unpaired) electrons. The van der Waals surface area contributed by atoms with Crippen molar-refractivity contribution in [2.24, 2.45) is 0 Å². The predicted molar refractivity (Wildman–Crippen MR) is 36.5 cm³/mol. The summed E-state index contributed by atoms with van der Waals surface area (Å²) in [5.74, 6) is -0.355. The van der Waals surface area contributed by atoms with Crippen molar-refractivity contribution in [1.29, 1.82) is 0 Å². The van der Waals surface area contributed by atoms with E-state index in [0.717, 1.165) is 0 Å². The Bertz CT molecular complexity index is 121. The summed E-state index contributed by atoms with van der Waals surface area (Å²) in [6, 6.07) is 0. The summed E-state index contributed by atoms with van der Waals surface area (Å²) in [5, 5.41) is 8.27. The minimum Gasteiger partial charge on any atom is -0.502 e. The molecule has 0 aliphatic heterocycles. The van der Waals surface area contributed by atoms with Gasteiger partial charge >= 0.3 is 5.97 Å². The van der Waals surface area contributed by atoms with E-state index in [1.165, 1.54) is 7.11 Å². The number of aliphatic hydroxyl groups is 1. The fourth-order valence-electron chi connectivity index (χ4n) is 0.311. The van der Waals surface area contributed by atoms with Crippen LogP contribution in [0.4, 0.5) is 0 Å². The highest BCUT2D eigenvalue weighted by Gasteiger charge is 2.00. The number of methoxy groups -OCH3 is 1. The van der Waals surface area contributed by atoms with Crippen LogP contribution in [0.3, 0.4) is 0 Å². The van der Waals surface area contributed by atoms with Crippen molar-refractivity contribution < 1.29 is 14.6 Å². The number of carbonyl (C=O) groups is 1. The number of rotatable bonds is 3. The molecule has 0 aromatic carbocycles. The number of thiocarbonyl (C=S) groups is 1. The van der Waals surface area contributed by atoms with Crippen LogP contribution in [-0.2, 0) is 9.53 Å². The van der Waals surface area contributed by atoms with Gasteiger partial charge in [-0.05, 0) is 12.2 Å². The Hall–Kier alpha value is -0.640. The topological polar surface area (TPSA) is 46.5 Å².